The molecule has 2 aliphatic carbocycles. The van der Waals surface area contributed by atoms with Crippen molar-refractivity contribution in [1.82, 2.24) is 0 Å². The number of fused-ring (bicyclic) bond motifs is 1. The van der Waals surface area contributed by atoms with Crippen LogP contribution in [0.4, 0.5) is 0 Å². The Morgan fingerprint density at radius 3 is 2.12 bits per heavy atom. The fourth-order valence-corrected chi connectivity index (χ4v) is 3.96. The van der Waals surface area contributed by atoms with Gasteiger partial charge in [0.2, 0.25) is 0 Å². The van der Waals surface area contributed by atoms with Crippen LogP contribution in [0.3, 0.4) is 0 Å². The van der Waals surface area contributed by atoms with Gasteiger partial charge in [0, 0.05) is 0 Å². The second-order valence-electron chi connectivity index (χ2n) is 7.09. The minimum absolute atomic E-state index is 1.16. The Bertz CT molecular complexity index is 932. The van der Waals surface area contributed by atoms with Crippen LogP contribution in [-0.4, -0.2) is 0 Å². The molecule has 0 spiro atoms. The topological polar surface area (TPSA) is 0 Å². The summed E-state index contributed by atoms with van der Waals surface area (Å²) < 4.78 is 0. The summed E-state index contributed by atoms with van der Waals surface area (Å²) in [4.78, 5) is 0. The predicted molar refractivity (Wildman–Crippen MR) is 148 cm³/mol. The Balaban J connectivity index is 0.00000109. The van der Waals surface area contributed by atoms with E-state index < -0.39 is 0 Å². The quantitative estimate of drug-likeness (QED) is 0.314. The van der Waals surface area contributed by atoms with Gasteiger partial charge in [-0.15, -0.1) is 26.0 Å². The standard InChI is InChI=1S/C24H24.2C2H6.C2H4.C2H2/c1-17-6-5-7-19(14-17)16-24-22-9-4-3-8-20(22)11-12-21-15-18(2)10-13-23(21)24;4*1-2/h4-7,9-10,13-16H,3,8,11-12H2,1-2H3;2*1-2H3;1-2H2;1-2H/b24-16+;;;;. The van der Waals surface area contributed by atoms with Crippen LogP contribution in [0.15, 0.2) is 78.9 Å². The van der Waals surface area contributed by atoms with Gasteiger partial charge in [-0.1, -0.05) is 99.0 Å². The molecule has 0 unspecified atom stereocenters. The Kier molecular flexibility index (Phi) is 15.0. The Hall–Kier alpha value is -3.04. The Labute approximate surface area is 198 Å². The van der Waals surface area contributed by atoms with Gasteiger partial charge in [0.25, 0.3) is 0 Å². The van der Waals surface area contributed by atoms with Crippen molar-refractivity contribution in [3.63, 3.8) is 0 Å². The number of terminal acetylenes is 1. The lowest BCUT2D eigenvalue weighted by atomic mass is 9.88. The average Bonchev–Trinajstić information content (AvgIpc) is 3.01. The molecule has 170 valence electrons. The fourth-order valence-electron chi connectivity index (χ4n) is 3.96. The minimum Gasteiger partial charge on any atom is -0.124 e. The average molecular weight is 427 g/mol. The van der Waals surface area contributed by atoms with Crippen molar-refractivity contribution in [2.45, 2.75) is 67.2 Å². The van der Waals surface area contributed by atoms with Crippen LogP contribution in [0.25, 0.3) is 11.6 Å². The van der Waals surface area contributed by atoms with E-state index in [9.17, 15) is 0 Å². The summed E-state index contributed by atoms with van der Waals surface area (Å²) >= 11 is 0. The van der Waals surface area contributed by atoms with Crippen LogP contribution in [0, 0.1) is 26.7 Å². The van der Waals surface area contributed by atoms with E-state index in [-0.39, 0.29) is 0 Å². The molecule has 2 aromatic carbocycles. The molecule has 2 aromatic rings. The lowest BCUT2D eigenvalue weighted by Crippen LogP contribution is -1.96. The zero-order chi connectivity index (χ0) is 24.5. The van der Waals surface area contributed by atoms with Gasteiger partial charge in [-0.2, -0.15) is 0 Å². The van der Waals surface area contributed by atoms with E-state index in [0.717, 1.165) is 6.42 Å². The minimum atomic E-state index is 1.16. The molecule has 0 N–H and O–H groups in total. The first-order valence-electron chi connectivity index (χ1n) is 11.8. The number of benzene rings is 2. The van der Waals surface area contributed by atoms with Gasteiger partial charge in [0.15, 0.2) is 0 Å². The number of hydrogen-bond donors (Lipinski definition) is 0. The number of hydrogen-bond acceptors (Lipinski definition) is 0. The van der Waals surface area contributed by atoms with Crippen LogP contribution < -0.4 is 0 Å². The van der Waals surface area contributed by atoms with E-state index in [1.165, 1.54) is 58.2 Å². The molecule has 0 nitrogen and oxygen atoms in total. The molecule has 0 fully saturated rings. The third-order valence-corrected chi connectivity index (χ3v) is 5.17. The Morgan fingerprint density at radius 1 is 0.812 bits per heavy atom. The van der Waals surface area contributed by atoms with Gasteiger partial charge in [-0.05, 0) is 73.4 Å². The van der Waals surface area contributed by atoms with Crippen LogP contribution in [0.1, 0.15) is 74.8 Å². The third kappa shape index (κ3) is 7.90. The highest BCUT2D eigenvalue weighted by atomic mass is 14.2. The van der Waals surface area contributed by atoms with Crippen LogP contribution in [0.5, 0.6) is 0 Å². The van der Waals surface area contributed by atoms with E-state index in [4.69, 9.17) is 0 Å². The largest absolute Gasteiger partial charge is 0.124 e. The van der Waals surface area contributed by atoms with Gasteiger partial charge in [0.05, 0.1) is 0 Å². The lowest BCUT2D eigenvalue weighted by molar-refractivity contribution is 0.838. The molecule has 0 radical (unpaired) electrons. The fraction of sp³-hybridized carbons (Fsp3) is 0.312. The SMILES string of the molecule is C#C.C=C.CC.CC.Cc1cccc(/C=C2\C3=C(CCC=C3)CCc3cc(C)ccc32)c1. The van der Waals surface area contributed by atoms with E-state index in [1.807, 2.05) is 27.7 Å². The maximum Gasteiger partial charge on any atom is -0.0103 e. The van der Waals surface area contributed by atoms with Crippen molar-refractivity contribution >= 4 is 11.6 Å². The summed E-state index contributed by atoms with van der Waals surface area (Å²) in [6.07, 6.45) is 19.8. The highest BCUT2D eigenvalue weighted by Gasteiger charge is 2.20. The van der Waals surface area contributed by atoms with Crippen LogP contribution in [0.2, 0.25) is 0 Å². The summed E-state index contributed by atoms with van der Waals surface area (Å²) in [6.45, 7) is 18.4. The number of allylic oxidation sites excluding steroid dienone is 5. The van der Waals surface area contributed by atoms with E-state index >= 15 is 0 Å². The van der Waals surface area contributed by atoms with E-state index in [2.05, 4.69) is 101 Å². The summed E-state index contributed by atoms with van der Waals surface area (Å²) in [6, 6.07) is 15.8. The zero-order valence-corrected chi connectivity index (χ0v) is 21.2. The third-order valence-electron chi connectivity index (χ3n) is 5.17. The first-order chi connectivity index (χ1) is 15.7. The normalized spacial score (nSPS) is 14.3. The Morgan fingerprint density at radius 2 is 1.47 bits per heavy atom. The second-order valence-corrected chi connectivity index (χ2v) is 7.09. The van der Waals surface area contributed by atoms with Crippen molar-refractivity contribution in [3.8, 4) is 12.8 Å². The number of rotatable bonds is 1. The summed E-state index contributed by atoms with van der Waals surface area (Å²) in [7, 11) is 0. The van der Waals surface area contributed by atoms with Crippen LogP contribution >= 0.6 is 0 Å². The van der Waals surface area contributed by atoms with Gasteiger partial charge >= 0.3 is 0 Å². The second kappa shape index (κ2) is 16.6. The predicted octanol–water partition coefficient (Wildman–Crippen LogP) is 9.54. The van der Waals surface area contributed by atoms with Crippen molar-refractivity contribution < 1.29 is 0 Å². The molecule has 4 rings (SSSR count). The highest BCUT2D eigenvalue weighted by Crippen LogP contribution is 2.39. The van der Waals surface area contributed by atoms with Crippen molar-refractivity contribution in [1.29, 1.82) is 0 Å². The van der Waals surface area contributed by atoms with Crippen molar-refractivity contribution in [2.24, 2.45) is 0 Å². The molecule has 0 saturated carbocycles. The molecule has 0 heteroatoms. The van der Waals surface area contributed by atoms with Gasteiger partial charge in [0.1, 0.15) is 0 Å². The molecular formula is C32H42. The smallest absolute Gasteiger partial charge is 0.0103 e. The molecule has 0 aliphatic heterocycles. The first-order valence-corrected chi connectivity index (χ1v) is 11.8. The van der Waals surface area contributed by atoms with Gasteiger partial charge in [-0.3, -0.25) is 0 Å². The molecule has 0 heterocycles. The van der Waals surface area contributed by atoms with E-state index in [1.54, 1.807) is 5.57 Å². The monoisotopic (exact) mass is 426 g/mol. The molecular weight excluding hydrogens is 384 g/mol. The molecule has 0 amide bonds. The molecule has 0 aromatic heterocycles. The summed E-state index contributed by atoms with van der Waals surface area (Å²) in [5, 5.41) is 0. The zero-order valence-electron chi connectivity index (χ0n) is 21.2. The molecule has 0 saturated heterocycles. The van der Waals surface area contributed by atoms with Crippen molar-refractivity contribution in [3.05, 3.63) is 107 Å². The molecule has 0 bridgehead atoms. The molecule has 32 heavy (non-hydrogen) atoms. The van der Waals surface area contributed by atoms with E-state index in [0.29, 0.717) is 0 Å². The summed E-state index contributed by atoms with van der Waals surface area (Å²) in [5.74, 6) is 0. The highest BCUT2D eigenvalue weighted by molar-refractivity contribution is 5.95. The molecule has 0 atom stereocenters. The summed E-state index contributed by atoms with van der Waals surface area (Å²) in [5.41, 5.74) is 11.4. The lowest BCUT2D eigenvalue weighted by Gasteiger charge is -2.17. The maximum absolute atomic E-state index is 4.00. The van der Waals surface area contributed by atoms with Gasteiger partial charge < -0.3 is 0 Å². The van der Waals surface area contributed by atoms with Crippen LogP contribution in [-0.2, 0) is 6.42 Å². The molecule has 2 aliphatic rings. The number of aryl methyl sites for hydroxylation is 3. The first kappa shape index (κ1) is 29.0. The van der Waals surface area contributed by atoms with Crippen molar-refractivity contribution in [2.75, 3.05) is 0 Å². The maximum atomic E-state index is 4.00. The van der Waals surface area contributed by atoms with Gasteiger partial charge in [-0.25, -0.2) is 0 Å².